The Morgan fingerprint density at radius 2 is 1.93 bits per heavy atom. The maximum Gasteiger partial charge on any atom is 0.336 e. The fraction of sp³-hybridized carbons (Fsp3) is 0.273. The number of benzene rings is 1. The summed E-state index contributed by atoms with van der Waals surface area (Å²) < 4.78 is 27.5. The Hall–Kier alpha value is -3.36. The summed E-state index contributed by atoms with van der Waals surface area (Å²) in [6.45, 7) is 4.02. The Labute approximate surface area is 171 Å². The topological polar surface area (TPSA) is 96.0 Å². The first kappa shape index (κ1) is 18.7. The second kappa shape index (κ2) is 7.47. The Bertz CT molecular complexity index is 1310. The van der Waals surface area contributed by atoms with E-state index in [0.717, 1.165) is 23.2 Å². The fourth-order valence-corrected chi connectivity index (χ4v) is 3.63. The van der Waals surface area contributed by atoms with Crippen molar-refractivity contribution >= 4 is 21.9 Å². The molecule has 0 aliphatic carbocycles. The minimum Gasteiger partial charge on any atom is -0.454 e. The monoisotopic (exact) mass is 408 g/mol. The van der Waals surface area contributed by atoms with Crippen LogP contribution in [0.15, 0.2) is 44.1 Å². The van der Waals surface area contributed by atoms with E-state index in [4.69, 9.17) is 23.0 Å². The lowest BCUT2D eigenvalue weighted by molar-refractivity contribution is 0.174. The van der Waals surface area contributed by atoms with Crippen LogP contribution in [0, 0.1) is 6.92 Å². The summed E-state index contributed by atoms with van der Waals surface area (Å²) in [5, 5.41) is 4.99. The van der Waals surface area contributed by atoms with E-state index in [-0.39, 0.29) is 6.79 Å². The minimum atomic E-state index is -0.465. The molecule has 4 aromatic rings. The third kappa shape index (κ3) is 3.20. The van der Waals surface area contributed by atoms with Crippen molar-refractivity contribution in [1.29, 1.82) is 0 Å². The molecule has 1 N–H and O–H groups in total. The van der Waals surface area contributed by atoms with Gasteiger partial charge in [0.15, 0.2) is 17.1 Å². The molecule has 154 valence electrons. The van der Waals surface area contributed by atoms with Crippen molar-refractivity contribution < 1.29 is 23.0 Å². The molecule has 0 amide bonds. The molecular weight excluding hydrogens is 388 g/mol. The van der Waals surface area contributed by atoms with Crippen molar-refractivity contribution in [2.45, 2.75) is 13.5 Å². The molecular formula is C22H20N2O6. The van der Waals surface area contributed by atoms with Crippen molar-refractivity contribution in [1.82, 2.24) is 10.3 Å². The van der Waals surface area contributed by atoms with E-state index in [1.54, 1.807) is 19.2 Å². The number of nitrogens with one attached hydrogen (secondary N) is 1. The first-order valence-electron chi connectivity index (χ1n) is 9.59. The smallest absolute Gasteiger partial charge is 0.336 e. The number of hydrogen-bond donors (Lipinski definition) is 1. The van der Waals surface area contributed by atoms with E-state index in [2.05, 4.69) is 10.3 Å². The summed E-state index contributed by atoms with van der Waals surface area (Å²) in [5.41, 5.74) is 3.06. The number of aromatic nitrogens is 1. The number of pyridine rings is 1. The highest BCUT2D eigenvalue weighted by atomic mass is 16.7. The molecule has 0 spiro atoms. The normalized spacial score (nSPS) is 12.9. The van der Waals surface area contributed by atoms with Gasteiger partial charge >= 0.3 is 5.63 Å². The Balaban J connectivity index is 1.64. The second-order valence-corrected chi connectivity index (χ2v) is 7.07. The highest BCUT2D eigenvalue weighted by molar-refractivity contribution is 5.97. The molecule has 0 saturated carbocycles. The van der Waals surface area contributed by atoms with E-state index in [1.165, 1.54) is 6.07 Å². The van der Waals surface area contributed by atoms with Crippen LogP contribution in [0.5, 0.6) is 11.5 Å². The van der Waals surface area contributed by atoms with Gasteiger partial charge in [-0.1, -0.05) is 0 Å². The summed E-state index contributed by atoms with van der Waals surface area (Å²) >= 11 is 0. The number of aryl methyl sites for hydroxylation is 1. The first-order valence-corrected chi connectivity index (χ1v) is 9.59. The third-order valence-electron chi connectivity index (χ3n) is 5.12. The maximum atomic E-state index is 12.2. The van der Waals surface area contributed by atoms with Crippen LogP contribution in [0.25, 0.3) is 33.3 Å². The van der Waals surface area contributed by atoms with E-state index in [0.29, 0.717) is 52.5 Å². The number of nitrogens with zero attached hydrogens (tertiary/aromatic N) is 1. The summed E-state index contributed by atoms with van der Waals surface area (Å²) in [7, 11) is 1.67. The van der Waals surface area contributed by atoms with Crippen LogP contribution in [0.1, 0.15) is 11.3 Å². The van der Waals surface area contributed by atoms with Crippen molar-refractivity contribution in [3.8, 4) is 22.8 Å². The average molecular weight is 408 g/mol. The van der Waals surface area contributed by atoms with Crippen LogP contribution in [-0.2, 0) is 11.3 Å². The largest absolute Gasteiger partial charge is 0.454 e. The number of fused-ring (bicyclic) bond motifs is 3. The molecule has 0 fully saturated rings. The molecule has 5 rings (SSSR count). The quantitative estimate of drug-likeness (QED) is 0.383. The number of furan rings is 1. The molecule has 8 nitrogen and oxygen atoms in total. The lowest BCUT2D eigenvalue weighted by atomic mass is 10.1. The van der Waals surface area contributed by atoms with Gasteiger partial charge in [0.2, 0.25) is 6.79 Å². The van der Waals surface area contributed by atoms with Gasteiger partial charge in [-0.3, -0.25) is 4.98 Å². The summed E-state index contributed by atoms with van der Waals surface area (Å²) in [5.74, 6) is 1.72. The van der Waals surface area contributed by atoms with Crippen molar-refractivity contribution in [3.63, 3.8) is 0 Å². The first-order chi connectivity index (χ1) is 14.6. The highest BCUT2D eigenvalue weighted by Crippen LogP contribution is 2.40. The number of ether oxygens (including phenoxy) is 3. The minimum absolute atomic E-state index is 0.139. The molecule has 1 aliphatic heterocycles. The zero-order valence-corrected chi connectivity index (χ0v) is 16.6. The Morgan fingerprint density at radius 3 is 2.77 bits per heavy atom. The van der Waals surface area contributed by atoms with Crippen molar-refractivity contribution in [2.24, 2.45) is 0 Å². The number of hydrogen-bond acceptors (Lipinski definition) is 8. The number of rotatable bonds is 6. The van der Waals surface area contributed by atoms with E-state index in [9.17, 15) is 4.79 Å². The van der Waals surface area contributed by atoms with Crippen LogP contribution in [0.2, 0.25) is 0 Å². The van der Waals surface area contributed by atoms with E-state index >= 15 is 0 Å². The van der Waals surface area contributed by atoms with Gasteiger partial charge in [-0.25, -0.2) is 4.79 Å². The molecule has 0 saturated heterocycles. The molecule has 3 aromatic heterocycles. The number of methoxy groups -OCH3 is 1. The van der Waals surface area contributed by atoms with Crippen LogP contribution in [0.4, 0.5) is 0 Å². The molecule has 8 heteroatoms. The predicted molar refractivity (Wildman–Crippen MR) is 110 cm³/mol. The second-order valence-electron chi connectivity index (χ2n) is 7.07. The molecule has 30 heavy (non-hydrogen) atoms. The van der Waals surface area contributed by atoms with Gasteiger partial charge < -0.3 is 28.4 Å². The molecule has 1 aromatic carbocycles. The molecule has 0 bridgehead atoms. The Kier molecular flexibility index (Phi) is 4.65. The molecule has 0 unspecified atom stereocenters. The van der Waals surface area contributed by atoms with Gasteiger partial charge in [0.05, 0.1) is 12.3 Å². The molecule has 1 aliphatic rings. The van der Waals surface area contributed by atoms with Gasteiger partial charge in [-0.2, -0.15) is 0 Å². The van der Waals surface area contributed by atoms with Crippen LogP contribution >= 0.6 is 0 Å². The predicted octanol–water partition coefficient (Wildman–Crippen LogP) is 3.37. The highest BCUT2D eigenvalue weighted by Gasteiger charge is 2.20. The summed E-state index contributed by atoms with van der Waals surface area (Å²) in [4.78, 5) is 16.7. The SMILES string of the molecule is COCCNCc1cnc(C)c2oc(-c3cc(=O)oc4cc5c(cc34)OCO5)cc12. The van der Waals surface area contributed by atoms with Crippen molar-refractivity contribution in [3.05, 3.63) is 52.1 Å². The molecule has 0 radical (unpaired) electrons. The van der Waals surface area contributed by atoms with Crippen LogP contribution < -0.4 is 20.4 Å². The van der Waals surface area contributed by atoms with Gasteiger partial charge in [-0.15, -0.1) is 0 Å². The van der Waals surface area contributed by atoms with E-state index in [1.807, 2.05) is 19.2 Å². The summed E-state index contributed by atoms with van der Waals surface area (Å²) in [6.07, 6.45) is 1.84. The average Bonchev–Trinajstić information content (AvgIpc) is 3.38. The van der Waals surface area contributed by atoms with Gasteiger partial charge in [0.1, 0.15) is 11.3 Å². The lowest BCUT2D eigenvalue weighted by Crippen LogP contribution is -2.18. The van der Waals surface area contributed by atoms with Crippen molar-refractivity contribution in [2.75, 3.05) is 27.1 Å². The van der Waals surface area contributed by atoms with E-state index < -0.39 is 5.63 Å². The third-order valence-corrected chi connectivity index (χ3v) is 5.12. The zero-order valence-electron chi connectivity index (χ0n) is 16.6. The molecule has 0 atom stereocenters. The van der Waals surface area contributed by atoms with Crippen LogP contribution in [0.3, 0.4) is 0 Å². The molecule has 4 heterocycles. The Morgan fingerprint density at radius 1 is 1.10 bits per heavy atom. The fourth-order valence-electron chi connectivity index (χ4n) is 3.63. The van der Waals surface area contributed by atoms with Gasteiger partial charge in [0.25, 0.3) is 0 Å². The summed E-state index contributed by atoms with van der Waals surface area (Å²) in [6, 6.07) is 6.85. The standard InChI is InChI=1S/C22H20N2O6/c1-12-22-14(13(10-24-12)9-23-3-4-26-2)5-17(30-22)16-7-21(25)29-18-8-20-19(6-15(16)18)27-11-28-20/h5-8,10,23H,3-4,9,11H2,1-2H3. The lowest BCUT2D eigenvalue weighted by Gasteiger charge is -2.05. The van der Waals surface area contributed by atoms with Crippen LogP contribution in [-0.4, -0.2) is 32.0 Å². The van der Waals surface area contributed by atoms with Gasteiger partial charge in [-0.05, 0) is 24.6 Å². The van der Waals surface area contributed by atoms with Gasteiger partial charge in [0, 0.05) is 54.9 Å². The maximum absolute atomic E-state index is 12.2. The zero-order chi connectivity index (χ0) is 20.7.